The van der Waals surface area contributed by atoms with E-state index in [0.717, 1.165) is 19.3 Å². The van der Waals surface area contributed by atoms with E-state index in [1.54, 1.807) is 0 Å². The standard InChI is InChI=1S/C9H21NO3S/c1-2-3-4-5-6-7-8-9-13-14(10,11)12/h2-9H2,1H3,(H2,10,11,12). The van der Waals surface area contributed by atoms with Crippen molar-refractivity contribution in [3.63, 3.8) is 0 Å². The largest absolute Gasteiger partial charge is 0.333 e. The Bertz CT molecular complexity index is 214. The van der Waals surface area contributed by atoms with Crippen LogP contribution in [0.1, 0.15) is 51.9 Å². The predicted octanol–water partition coefficient (Wildman–Crippen LogP) is 1.96. The van der Waals surface area contributed by atoms with Crippen LogP contribution in [0.2, 0.25) is 0 Å². The molecule has 0 aliphatic carbocycles. The van der Waals surface area contributed by atoms with Gasteiger partial charge in [-0.1, -0.05) is 45.4 Å². The molecule has 2 N–H and O–H groups in total. The monoisotopic (exact) mass is 223 g/mol. The first-order chi connectivity index (χ1) is 6.56. The highest BCUT2D eigenvalue weighted by Crippen LogP contribution is 2.06. The molecule has 0 spiro atoms. The van der Waals surface area contributed by atoms with Crippen molar-refractivity contribution in [3.8, 4) is 0 Å². The van der Waals surface area contributed by atoms with Gasteiger partial charge in [0.15, 0.2) is 0 Å². The molecule has 14 heavy (non-hydrogen) atoms. The van der Waals surface area contributed by atoms with Gasteiger partial charge in [-0.15, -0.1) is 0 Å². The first-order valence-electron chi connectivity index (χ1n) is 5.23. The number of nitrogens with two attached hydrogens (primary N) is 1. The number of hydrogen-bond donors (Lipinski definition) is 1. The molecule has 0 aliphatic heterocycles. The lowest BCUT2D eigenvalue weighted by molar-refractivity contribution is 0.306. The molecule has 0 bridgehead atoms. The van der Waals surface area contributed by atoms with Crippen LogP contribution >= 0.6 is 0 Å². The van der Waals surface area contributed by atoms with Gasteiger partial charge >= 0.3 is 10.3 Å². The molecule has 0 aromatic heterocycles. The van der Waals surface area contributed by atoms with E-state index in [9.17, 15) is 8.42 Å². The van der Waals surface area contributed by atoms with Gasteiger partial charge in [0, 0.05) is 0 Å². The van der Waals surface area contributed by atoms with Crippen LogP contribution in [-0.4, -0.2) is 15.0 Å². The summed E-state index contributed by atoms with van der Waals surface area (Å²) >= 11 is 0. The highest BCUT2D eigenvalue weighted by molar-refractivity contribution is 7.84. The fraction of sp³-hybridized carbons (Fsp3) is 1.00. The third-order valence-corrected chi connectivity index (χ3v) is 2.49. The van der Waals surface area contributed by atoms with E-state index >= 15 is 0 Å². The van der Waals surface area contributed by atoms with Gasteiger partial charge in [0.2, 0.25) is 0 Å². The molecule has 0 aromatic carbocycles. The van der Waals surface area contributed by atoms with Crippen LogP contribution < -0.4 is 5.14 Å². The molecule has 0 fully saturated rings. The molecular formula is C9H21NO3S. The molecule has 0 unspecified atom stereocenters. The zero-order chi connectivity index (χ0) is 10.9. The summed E-state index contributed by atoms with van der Waals surface area (Å²) in [7, 11) is -3.73. The van der Waals surface area contributed by atoms with Gasteiger partial charge in [0.1, 0.15) is 0 Å². The minimum atomic E-state index is -3.73. The summed E-state index contributed by atoms with van der Waals surface area (Å²) in [6.45, 7) is 2.40. The zero-order valence-electron chi connectivity index (χ0n) is 8.87. The van der Waals surface area contributed by atoms with Crippen molar-refractivity contribution in [1.82, 2.24) is 0 Å². The van der Waals surface area contributed by atoms with Crippen LogP contribution in [0.4, 0.5) is 0 Å². The first-order valence-corrected chi connectivity index (χ1v) is 6.70. The fourth-order valence-electron chi connectivity index (χ4n) is 1.23. The second-order valence-electron chi connectivity index (χ2n) is 3.44. The highest BCUT2D eigenvalue weighted by Gasteiger charge is 2.00. The number of unbranched alkanes of at least 4 members (excludes halogenated alkanes) is 6. The Labute approximate surface area is 87.1 Å². The number of hydrogen-bond acceptors (Lipinski definition) is 3. The fourth-order valence-corrected chi connectivity index (χ4v) is 1.58. The van der Waals surface area contributed by atoms with Crippen LogP contribution in [0.15, 0.2) is 0 Å². The van der Waals surface area contributed by atoms with Gasteiger partial charge in [-0.05, 0) is 6.42 Å². The van der Waals surface area contributed by atoms with E-state index in [2.05, 4.69) is 16.2 Å². The van der Waals surface area contributed by atoms with Crippen molar-refractivity contribution in [2.75, 3.05) is 6.61 Å². The Kier molecular flexibility index (Phi) is 8.12. The number of rotatable bonds is 9. The topological polar surface area (TPSA) is 69.4 Å². The molecule has 0 aromatic rings. The zero-order valence-corrected chi connectivity index (χ0v) is 9.68. The van der Waals surface area contributed by atoms with Crippen molar-refractivity contribution in [2.24, 2.45) is 5.14 Å². The maximum Gasteiger partial charge on any atom is 0.333 e. The summed E-state index contributed by atoms with van der Waals surface area (Å²) in [4.78, 5) is 0. The maximum atomic E-state index is 10.4. The summed E-state index contributed by atoms with van der Waals surface area (Å²) in [5.41, 5.74) is 0. The third kappa shape index (κ3) is 11.9. The van der Waals surface area contributed by atoms with Gasteiger partial charge in [0.25, 0.3) is 0 Å². The van der Waals surface area contributed by atoms with E-state index in [1.165, 1.54) is 25.7 Å². The van der Waals surface area contributed by atoms with Crippen molar-refractivity contribution in [1.29, 1.82) is 0 Å². The average Bonchev–Trinajstić information content (AvgIpc) is 2.08. The molecule has 0 aliphatic rings. The van der Waals surface area contributed by atoms with Gasteiger partial charge in [0.05, 0.1) is 6.61 Å². The van der Waals surface area contributed by atoms with E-state index < -0.39 is 10.3 Å². The lowest BCUT2D eigenvalue weighted by atomic mass is 10.1. The smallest absolute Gasteiger partial charge is 0.258 e. The van der Waals surface area contributed by atoms with Crippen LogP contribution in [0.25, 0.3) is 0 Å². The predicted molar refractivity (Wildman–Crippen MR) is 57.1 cm³/mol. The van der Waals surface area contributed by atoms with Crippen molar-refractivity contribution in [3.05, 3.63) is 0 Å². The van der Waals surface area contributed by atoms with Gasteiger partial charge in [-0.3, -0.25) is 4.18 Å². The Balaban J connectivity index is 3.07. The Morgan fingerprint density at radius 2 is 1.50 bits per heavy atom. The molecule has 0 saturated heterocycles. The summed E-state index contributed by atoms with van der Waals surface area (Å²) in [5.74, 6) is 0. The molecular weight excluding hydrogens is 202 g/mol. The van der Waals surface area contributed by atoms with Crippen molar-refractivity contribution in [2.45, 2.75) is 51.9 Å². The second-order valence-corrected chi connectivity index (χ2v) is 4.66. The Morgan fingerprint density at radius 3 is 2.00 bits per heavy atom. The molecule has 86 valence electrons. The van der Waals surface area contributed by atoms with Gasteiger partial charge < -0.3 is 0 Å². The molecule has 5 heteroatoms. The van der Waals surface area contributed by atoms with Crippen molar-refractivity contribution < 1.29 is 12.6 Å². The maximum absolute atomic E-state index is 10.4. The molecule has 0 atom stereocenters. The van der Waals surface area contributed by atoms with Crippen LogP contribution in [0.3, 0.4) is 0 Å². The summed E-state index contributed by atoms with van der Waals surface area (Å²) < 4.78 is 25.1. The molecule has 0 radical (unpaired) electrons. The first kappa shape index (κ1) is 13.9. The Morgan fingerprint density at radius 1 is 1.00 bits per heavy atom. The summed E-state index contributed by atoms with van der Waals surface area (Å²) in [6, 6.07) is 0. The minimum absolute atomic E-state index is 0.215. The Hall–Kier alpha value is -0.130. The van der Waals surface area contributed by atoms with Crippen molar-refractivity contribution >= 4 is 10.3 Å². The second kappa shape index (κ2) is 8.20. The average molecular weight is 223 g/mol. The van der Waals surface area contributed by atoms with Gasteiger partial charge in [-0.2, -0.15) is 8.42 Å². The van der Waals surface area contributed by atoms with Crippen LogP contribution in [0.5, 0.6) is 0 Å². The summed E-state index contributed by atoms with van der Waals surface area (Å²) in [5, 5.41) is 4.67. The van der Waals surface area contributed by atoms with Gasteiger partial charge in [-0.25, -0.2) is 5.14 Å². The minimum Gasteiger partial charge on any atom is -0.258 e. The summed E-state index contributed by atoms with van der Waals surface area (Å²) in [6.07, 6.45) is 7.95. The molecule has 0 saturated carbocycles. The normalized spacial score (nSPS) is 11.9. The third-order valence-electron chi connectivity index (χ3n) is 2.00. The van der Waals surface area contributed by atoms with E-state index in [-0.39, 0.29) is 6.61 Å². The van der Waals surface area contributed by atoms with E-state index in [0.29, 0.717) is 0 Å². The quantitative estimate of drug-likeness (QED) is 0.607. The van der Waals surface area contributed by atoms with Crippen LogP contribution in [0, 0.1) is 0 Å². The lowest BCUT2D eigenvalue weighted by Gasteiger charge is -2.01. The molecule has 0 amide bonds. The SMILES string of the molecule is CCCCCCCCCOS(N)(=O)=O. The highest BCUT2D eigenvalue weighted by atomic mass is 32.2. The lowest BCUT2D eigenvalue weighted by Crippen LogP contribution is -2.16. The van der Waals surface area contributed by atoms with Crippen LogP contribution in [-0.2, 0) is 14.5 Å². The molecule has 0 heterocycles. The molecule has 4 nitrogen and oxygen atoms in total. The van der Waals surface area contributed by atoms with E-state index in [1.807, 2.05) is 0 Å². The molecule has 0 rings (SSSR count). The van der Waals surface area contributed by atoms with E-state index in [4.69, 9.17) is 0 Å².